The predicted molar refractivity (Wildman–Crippen MR) is 79.3 cm³/mol. The minimum atomic E-state index is 0.479. The van der Waals surface area contributed by atoms with Crippen molar-refractivity contribution in [3.05, 3.63) is 24.3 Å². The number of rotatable bonds is 2. The molecule has 1 aromatic heterocycles. The van der Waals surface area contributed by atoms with E-state index in [1.54, 1.807) is 11.3 Å². The van der Waals surface area contributed by atoms with Gasteiger partial charge in [0.2, 0.25) is 0 Å². The molecule has 1 aliphatic rings. The van der Waals surface area contributed by atoms with Crippen molar-refractivity contribution in [2.75, 3.05) is 5.32 Å². The molecule has 0 spiro atoms. The highest BCUT2D eigenvalue weighted by Crippen LogP contribution is 2.37. The Bertz CT molecular complexity index is 511. The zero-order valence-electron chi connectivity index (χ0n) is 11.1. The van der Waals surface area contributed by atoms with Gasteiger partial charge in [0.15, 0.2) is 5.13 Å². The molecule has 1 heterocycles. The van der Waals surface area contributed by atoms with Crippen LogP contribution in [-0.2, 0) is 0 Å². The lowest BCUT2D eigenvalue weighted by molar-refractivity contribution is 0.229. The molecule has 0 saturated heterocycles. The number of thiazole rings is 1. The van der Waals surface area contributed by atoms with E-state index in [9.17, 15) is 0 Å². The van der Waals surface area contributed by atoms with Gasteiger partial charge in [0.05, 0.1) is 10.2 Å². The Morgan fingerprint density at radius 1 is 1.33 bits per heavy atom. The van der Waals surface area contributed by atoms with Gasteiger partial charge in [-0.15, -0.1) is 0 Å². The molecule has 1 aromatic carbocycles. The number of nitrogens with one attached hydrogen (secondary N) is 1. The Morgan fingerprint density at radius 2 is 2.17 bits per heavy atom. The summed E-state index contributed by atoms with van der Waals surface area (Å²) < 4.78 is 1.27. The molecular weight excluding hydrogens is 240 g/mol. The summed E-state index contributed by atoms with van der Waals surface area (Å²) in [5.41, 5.74) is 1.59. The van der Waals surface area contributed by atoms with Crippen LogP contribution >= 0.6 is 11.3 Å². The SMILES string of the molecule is CC1(C)CCCC(Nc2nc3ccccc3s2)C1. The van der Waals surface area contributed by atoms with Gasteiger partial charge in [-0.1, -0.05) is 43.7 Å². The molecule has 3 heteroatoms. The number of hydrogen-bond donors (Lipinski definition) is 1. The van der Waals surface area contributed by atoms with E-state index in [-0.39, 0.29) is 0 Å². The molecule has 1 unspecified atom stereocenters. The summed E-state index contributed by atoms with van der Waals surface area (Å²) in [5, 5.41) is 4.72. The van der Waals surface area contributed by atoms with Gasteiger partial charge in [-0.2, -0.15) is 0 Å². The summed E-state index contributed by atoms with van der Waals surface area (Å²) in [5.74, 6) is 0. The van der Waals surface area contributed by atoms with E-state index in [1.807, 2.05) is 0 Å². The standard InChI is InChI=1S/C15H20N2S/c1-15(2)9-5-6-11(10-15)16-14-17-12-7-3-4-8-13(12)18-14/h3-4,7-8,11H,5-6,9-10H2,1-2H3,(H,16,17). The lowest BCUT2D eigenvalue weighted by Crippen LogP contribution is -2.31. The van der Waals surface area contributed by atoms with Crippen LogP contribution in [0.5, 0.6) is 0 Å². The quantitative estimate of drug-likeness (QED) is 0.848. The van der Waals surface area contributed by atoms with Crippen molar-refractivity contribution in [2.45, 2.75) is 45.6 Å². The van der Waals surface area contributed by atoms with Gasteiger partial charge in [0, 0.05) is 6.04 Å². The fourth-order valence-corrected chi connectivity index (χ4v) is 3.87. The molecule has 0 bridgehead atoms. The van der Waals surface area contributed by atoms with Crippen LogP contribution in [-0.4, -0.2) is 11.0 Å². The topological polar surface area (TPSA) is 24.9 Å². The third kappa shape index (κ3) is 2.51. The van der Waals surface area contributed by atoms with E-state index in [1.165, 1.54) is 30.4 Å². The molecule has 0 radical (unpaired) electrons. The summed E-state index contributed by atoms with van der Waals surface area (Å²) in [4.78, 5) is 4.66. The Hall–Kier alpha value is -1.09. The second-order valence-corrected chi connectivity index (χ2v) is 7.12. The van der Waals surface area contributed by atoms with Gasteiger partial charge in [-0.05, 0) is 36.8 Å². The average Bonchev–Trinajstić information content (AvgIpc) is 2.69. The molecule has 1 N–H and O–H groups in total. The summed E-state index contributed by atoms with van der Waals surface area (Å²) >= 11 is 1.77. The fourth-order valence-electron chi connectivity index (χ4n) is 2.93. The van der Waals surface area contributed by atoms with Crippen molar-refractivity contribution in [3.63, 3.8) is 0 Å². The molecule has 3 rings (SSSR count). The first-order valence-corrected chi connectivity index (χ1v) is 7.56. The number of aromatic nitrogens is 1. The van der Waals surface area contributed by atoms with Crippen LogP contribution in [0.1, 0.15) is 39.5 Å². The maximum Gasteiger partial charge on any atom is 0.184 e. The molecule has 0 aliphatic heterocycles. The number of para-hydroxylation sites is 1. The minimum Gasteiger partial charge on any atom is -0.359 e. The number of fused-ring (bicyclic) bond motifs is 1. The minimum absolute atomic E-state index is 0.479. The molecular formula is C15H20N2S. The van der Waals surface area contributed by atoms with Crippen LogP contribution in [0.15, 0.2) is 24.3 Å². The van der Waals surface area contributed by atoms with Crippen LogP contribution in [0.25, 0.3) is 10.2 Å². The molecule has 1 saturated carbocycles. The largest absolute Gasteiger partial charge is 0.359 e. The van der Waals surface area contributed by atoms with Crippen molar-refractivity contribution in [1.29, 1.82) is 0 Å². The van der Waals surface area contributed by atoms with E-state index in [0.29, 0.717) is 11.5 Å². The zero-order chi connectivity index (χ0) is 12.6. The van der Waals surface area contributed by atoms with E-state index >= 15 is 0 Å². The first-order chi connectivity index (χ1) is 8.62. The van der Waals surface area contributed by atoms with Crippen LogP contribution in [0.3, 0.4) is 0 Å². The maximum absolute atomic E-state index is 4.66. The van der Waals surface area contributed by atoms with Gasteiger partial charge in [0.1, 0.15) is 0 Å². The summed E-state index contributed by atoms with van der Waals surface area (Å²) in [6.07, 6.45) is 5.21. The Labute approximate surface area is 112 Å². The Morgan fingerprint density at radius 3 is 2.94 bits per heavy atom. The summed E-state index contributed by atoms with van der Waals surface area (Å²) in [6.45, 7) is 4.75. The number of anilines is 1. The maximum atomic E-state index is 4.66. The number of benzene rings is 1. The molecule has 1 atom stereocenters. The normalized spacial score (nSPS) is 23.1. The van der Waals surface area contributed by atoms with Crippen molar-refractivity contribution >= 4 is 26.7 Å². The van der Waals surface area contributed by atoms with E-state index in [4.69, 9.17) is 0 Å². The molecule has 96 valence electrons. The van der Waals surface area contributed by atoms with Gasteiger partial charge in [0.25, 0.3) is 0 Å². The van der Waals surface area contributed by atoms with Gasteiger partial charge in [-0.25, -0.2) is 4.98 Å². The third-order valence-electron chi connectivity index (χ3n) is 3.83. The predicted octanol–water partition coefficient (Wildman–Crippen LogP) is 4.68. The second-order valence-electron chi connectivity index (χ2n) is 6.09. The molecule has 2 aromatic rings. The first-order valence-electron chi connectivity index (χ1n) is 6.75. The van der Waals surface area contributed by atoms with Crippen molar-refractivity contribution in [1.82, 2.24) is 4.98 Å². The van der Waals surface area contributed by atoms with Gasteiger partial charge >= 0.3 is 0 Å². The first kappa shape index (κ1) is 12.0. The lowest BCUT2D eigenvalue weighted by Gasteiger charge is -2.35. The van der Waals surface area contributed by atoms with Crippen molar-refractivity contribution in [3.8, 4) is 0 Å². The molecule has 2 nitrogen and oxygen atoms in total. The fraction of sp³-hybridized carbons (Fsp3) is 0.533. The van der Waals surface area contributed by atoms with Crippen molar-refractivity contribution in [2.24, 2.45) is 5.41 Å². The average molecular weight is 260 g/mol. The van der Waals surface area contributed by atoms with Gasteiger partial charge < -0.3 is 5.32 Å². The highest BCUT2D eigenvalue weighted by Gasteiger charge is 2.28. The molecule has 1 fully saturated rings. The lowest BCUT2D eigenvalue weighted by atomic mass is 9.75. The van der Waals surface area contributed by atoms with E-state index in [0.717, 1.165) is 10.6 Å². The highest BCUT2D eigenvalue weighted by atomic mass is 32.1. The van der Waals surface area contributed by atoms with Crippen LogP contribution in [0, 0.1) is 5.41 Å². The van der Waals surface area contributed by atoms with Gasteiger partial charge in [-0.3, -0.25) is 0 Å². The second kappa shape index (κ2) is 4.54. The molecule has 0 amide bonds. The summed E-state index contributed by atoms with van der Waals surface area (Å²) in [6, 6.07) is 8.95. The monoisotopic (exact) mass is 260 g/mol. The van der Waals surface area contributed by atoms with Crippen LogP contribution < -0.4 is 5.32 Å². The molecule has 18 heavy (non-hydrogen) atoms. The Kier molecular flexibility index (Phi) is 3.02. The van der Waals surface area contributed by atoms with Crippen LogP contribution in [0.4, 0.5) is 5.13 Å². The van der Waals surface area contributed by atoms with Crippen molar-refractivity contribution < 1.29 is 0 Å². The van der Waals surface area contributed by atoms with Crippen LogP contribution in [0.2, 0.25) is 0 Å². The smallest absolute Gasteiger partial charge is 0.184 e. The van der Waals surface area contributed by atoms with E-state index < -0.39 is 0 Å². The zero-order valence-corrected chi connectivity index (χ0v) is 11.9. The number of nitrogens with zero attached hydrogens (tertiary/aromatic N) is 1. The molecule has 1 aliphatic carbocycles. The Balaban J connectivity index is 1.76. The van der Waals surface area contributed by atoms with E-state index in [2.05, 4.69) is 48.4 Å². The highest BCUT2D eigenvalue weighted by molar-refractivity contribution is 7.22. The third-order valence-corrected chi connectivity index (χ3v) is 4.79. The summed E-state index contributed by atoms with van der Waals surface area (Å²) in [7, 11) is 0. The number of hydrogen-bond acceptors (Lipinski definition) is 3.